The quantitative estimate of drug-likeness (QED) is 0.167. The second-order valence-electron chi connectivity index (χ2n) is 12.2. The van der Waals surface area contributed by atoms with Gasteiger partial charge < -0.3 is 9.40 Å². The number of benzene rings is 5. The molecule has 0 fully saturated rings. The summed E-state index contributed by atoms with van der Waals surface area (Å²) in [5.41, 5.74) is 7.46. The average Bonchev–Trinajstić information content (AvgIpc) is 3.52. The third-order valence-corrected chi connectivity index (χ3v) is 7.68. The van der Waals surface area contributed by atoms with Gasteiger partial charge in [-0.2, -0.15) is 0 Å². The monoisotopic (exact) mass is 789 g/mol. The standard InChI is InChI=1S/C32H26NO.C11H8N.Ir/c1-32(2,3)20-21-12-14-22(15-13-21)23-16-17-33-28(19-23)27-18-24-8-4-5-9-25(24)30-26-10-6-7-11-29(26)34-31(27)30;1-2-6-10(7-3-1)11-8-4-5-9-12-11;/h4-17,19H,20H2,1-3H3;1-6,8-9H;/q2*-1;/i20D2;;. The van der Waals surface area contributed by atoms with Crippen LogP contribution in [-0.2, 0) is 26.5 Å². The molecule has 0 saturated carbocycles. The molecule has 233 valence electrons. The summed E-state index contributed by atoms with van der Waals surface area (Å²) in [5, 5.41) is 4.29. The fraction of sp³-hybridized carbons (Fsp3) is 0.116. The predicted molar refractivity (Wildman–Crippen MR) is 190 cm³/mol. The second kappa shape index (κ2) is 13.8. The Balaban J connectivity index is 0.000000270. The molecule has 0 bridgehead atoms. The smallest absolute Gasteiger partial charge is 0.123 e. The second-order valence-corrected chi connectivity index (χ2v) is 12.2. The van der Waals surface area contributed by atoms with Crippen molar-refractivity contribution in [3.8, 4) is 33.6 Å². The van der Waals surface area contributed by atoms with Crippen molar-refractivity contribution in [3.05, 3.63) is 157 Å². The average molecular weight is 789 g/mol. The molecule has 0 aliphatic heterocycles. The van der Waals surface area contributed by atoms with Crippen LogP contribution in [0.15, 0.2) is 144 Å². The first-order valence-corrected chi connectivity index (χ1v) is 15.4. The molecule has 0 aliphatic carbocycles. The normalized spacial score (nSPS) is 12.1. The number of para-hydroxylation sites is 1. The molecule has 0 aliphatic rings. The van der Waals surface area contributed by atoms with E-state index in [2.05, 4.69) is 41.4 Å². The van der Waals surface area contributed by atoms with E-state index in [0.717, 1.165) is 66.4 Å². The van der Waals surface area contributed by atoms with Gasteiger partial charge in [0, 0.05) is 46.3 Å². The molecule has 0 N–H and O–H groups in total. The van der Waals surface area contributed by atoms with Crippen LogP contribution in [0.1, 0.15) is 29.1 Å². The number of aromatic nitrogens is 2. The first-order valence-electron chi connectivity index (χ1n) is 16.4. The van der Waals surface area contributed by atoms with Crippen LogP contribution in [0.25, 0.3) is 66.4 Å². The Kier molecular flexibility index (Phi) is 8.69. The summed E-state index contributed by atoms with van der Waals surface area (Å²) in [6.45, 7) is 5.78. The van der Waals surface area contributed by atoms with E-state index in [9.17, 15) is 0 Å². The van der Waals surface area contributed by atoms with Crippen molar-refractivity contribution < 1.29 is 27.3 Å². The molecule has 0 saturated heterocycles. The topological polar surface area (TPSA) is 38.9 Å². The van der Waals surface area contributed by atoms with Crippen molar-refractivity contribution in [3.63, 3.8) is 0 Å². The maximum atomic E-state index is 8.57. The predicted octanol–water partition coefficient (Wildman–Crippen LogP) is 11.4. The zero-order chi connectivity index (χ0) is 33.3. The minimum atomic E-state index is -1.43. The molecule has 1 radical (unpaired) electrons. The SMILES string of the molecule is [2H]C([2H])(c1ccc(-c2ccnc(-c3[c-]c4ccccc4c4c3oc3ccccc34)c2)cc1)C(C)(C)C.[Ir].[c-]1ccccc1-c1ccccn1. The van der Waals surface area contributed by atoms with Crippen molar-refractivity contribution in [2.45, 2.75) is 27.1 Å². The van der Waals surface area contributed by atoms with Gasteiger partial charge in [-0.3, -0.25) is 4.98 Å². The van der Waals surface area contributed by atoms with E-state index in [1.807, 2.05) is 130 Å². The fourth-order valence-electron chi connectivity index (χ4n) is 5.67. The zero-order valence-electron chi connectivity index (χ0n) is 28.4. The minimum absolute atomic E-state index is 0. The van der Waals surface area contributed by atoms with Crippen LogP contribution in [0.4, 0.5) is 0 Å². The Morgan fingerprint density at radius 3 is 2.17 bits per heavy atom. The third-order valence-electron chi connectivity index (χ3n) is 7.68. The maximum Gasteiger partial charge on any atom is 0.123 e. The Morgan fingerprint density at radius 2 is 1.43 bits per heavy atom. The first kappa shape index (κ1) is 29.5. The maximum absolute atomic E-state index is 8.57. The summed E-state index contributed by atoms with van der Waals surface area (Å²) >= 11 is 0. The fourth-order valence-corrected chi connectivity index (χ4v) is 5.67. The van der Waals surface area contributed by atoms with Crippen molar-refractivity contribution >= 4 is 32.7 Å². The van der Waals surface area contributed by atoms with E-state index < -0.39 is 11.8 Å². The van der Waals surface area contributed by atoms with Gasteiger partial charge in [-0.25, -0.2) is 0 Å². The molecule has 47 heavy (non-hydrogen) atoms. The molecule has 0 amide bonds. The Hall–Kier alpha value is -4.89. The third kappa shape index (κ3) is 7.10. The molecule has 3 nitrogen and oxygen atoms in total. The molecular formula is C43H34IrN2O-2. The number of nitrogens with zero attached hydrogens (tertiary/aromatic N) is 2. The van der Waals surface area contributed by atoms with E-state index in [0.29, 0.717) is 5.56 Å². The van der Waals surface area contributed by atoms with Crippen LogP contribution < -0.4 is 0 Å². The van der Waals surface area contributed by atoms with Crippen molar-refractivity contribution in [2.75, 3.05) is 0 Å². The van der Waals surface area contributed by atoms with Crippen LogP contribution in [-0.4, -0.2) is 9.97 Å². The van der Waals surface area contributed by atoms with Gasteiger partial charge in [-0.15, -0.1) is 53.4 Å². The van der Waals surface area contributed by atoms with Gasteiger partial charge in [0.25, 0.3) is 0 Å². The Labute approximate surface area is 292 Å². The van der Waals surface area contributed by atoms with Crippen LogP contribution in [0.5, 0.6) is 0 Å². The van der Waals surface area contributed by atoms with Crippen LogP contribution in [0.2, 0.25) is 0 Å². The molecule has 3 aromatic heterocycles. The van der Waals surface area contributed by atoms with Crippen molar-refractivity contribution in [1.82, 2.24) is 9.97 Å². The largest absolute Gasteiger partial charge is 0.491 e. The number of pyridine rings is 2. The van der Waals surface area contributed by atoms with E-state index in [4.69, 9.17) is 12.1 Å². The number of furan rings is 1. The van der Waals surface area contributed by atoms with E-state index in [-0.39, 0.29) is 20.1 Å². The van der Waals surface area contributed by atoms with Gasteiger partial charge in [-0.1, -0.05) is 111 Å². The molecular weight excluding hydrogens is 753 g/mol. The number of hydrogen-bond acceptors (Lipinski definition) is 3. The summed E-state index contributed by atoms with van der Waals surface area (Å²) in [4.78, 5) is 8.92. The Bertz CT molecular complexity index is 2310. The van der Waals surface area contributed by atoms with Crippen molar-refractivity contribution in [2.24, 2.45) is 5.41 Å². The molecule has 0 atom stereocenters. The molecule has 5 aromatic carbocycles. The summed E-state index contributed by atoms with van der Waals surface area (Å²) in [5.74, 6) is 0. The number of rotatable bonds is 4. The van der Waals surface area contributed by atoms with Gasteiger partial charge >= 0.3 is 0 Å². The van der Waals surface area contributed by atoms with E-state index in [1.165, 1.54) is 0 Å². The van der Waals surface area contributed by atoms with Crippen LogP contribution >= 0.6 is 0 Å². The number of fused-ring (bicyclic) bond motifs is 5. The summed E-state index contributed by atoms with van der Waals surface area (Å²) in [6, 6.07) is 48.5. The molecule has 3 heterocycles. The number of hydrogen-bond donors (Lipinski definition) is 0. The van der Waals surface area contributed by atoms with Crippen LogP contribution in [0, 0.1) is 17.5 Å². The Morgan fingerprint density at radius 1 is 0.702 bits per heavy atom. The van der Waals surface area contributed by atoms with Gasteiger partial charge in [0.1, 0.15) is 5.58 Å². The van der Waals surface area contributed by atoms with Gasteiger partial charge in [0.05, 0.1) is 5.58 Å². The van der Waals surface area contributed by atoms with E-state index >= 15 is 0 Å². The van der Waals surface area contributed by atoms with Crippen LogP contribution in [0.3, 0.4) is 0 Å². The summed E-state index contributed by atoms with van der Waals surface area (Å²) in [6.07, 6.45) is 2.17. The zero-order valence-corrected chi connectivity index (χ0v) is 28.8. The molecule has 4 heteroatoms. The van der Waals surface area contributed by atoms with Gasteiger partial charge in [-0.05, 0) is 57.8 Å². The molecule has 8 aromatic rings. The first-order chi connectivity index (χ1) is 23.2. The van der Waals surface area contributed by atoms with Gasteiger partial charge in [0.2, 0.25) is 0 Å². The van der Waals surface area contributed by atoms with Crippen molar-refractivity contribution in [1.29, 1.82) is 0 Å². The summed E-state index contributed by atoms with van der Waals surface area (Å²) in [7, 11) is 0. The van der Waals surface area contributed by atoms with Gasteiger partial charge in [0.15, 0.2) is 0 Å². The minimum Gasteiger partial charge on any atom is -0.491 e. The van der Waals surface area contributed by atoms with E-state index in [1.54, 1.807) is 6.20 Å². The molecule has 8 rings (SSSR count). The molecule has 0 unspecified atom stereocenters. The molecule has 0 spiro atoms. The summed E-state index contributed by atoms with van der Waals surface area (Å²) < 4.78 is 23.5.